The van der Waals surface area contributed by atoms with Gasteiger partial charge >= 0.3 is 0 Å². The summed E-state index contributed by atoms with van der Waals surface area (Å²) in [6, 6.07) is 16.0. The van der Waals surface area contributed by atoms with Crippen LogP contribution < -0.4 is 15.7 Å². The van der Waals surface area contributed by atoms with Crippen molar-refractivity contribution in [3.63, 3.8) is 0 Å². The minimum Gasteiger partial charge on any atom is -0.544 e. The number of amides is 1. The Hall–Kier alpha value is -2.66. The molecule has 0 aliphatic rings. The Balaban J connectivity index is 1.92. The lowest BCUT2D eigenvalue weighted by atomic mass is 10.1. The summed E-state index contributed by atoms with van der Waals surface area (Å²) < 4.78 is 0. The maximum absolute atomic E-state index is 12.1. The van der Waals surface area contributed by atoms with Crippen LogP contribution in [0.15, 0.2) is 54.6 Å². The van der Waals surface area contributed by atoms with Gasteiger partial charge in [-0.1, -0.05) is 48.5 Å². The Kier molecular flexibility index (Phi) is 5.88. The van der Waals surface area contributed by atoms with Crippen molar-refractivity contribution in [2.45, 2.75) is 25.9 Å². The van der Waals surface area contributed by atoms with Gasteiger partial charge in [0.15, 0.2) is 0 Å². The topological polar surface area (TPSA) is 85.8 Å². The van der Waals surface area contributed by atoms with Crippen molar-refractivity contribution in [2.75, 3.05) is 5.32 Å². The van der Waals surface area contributed by atoms with E-state index in [1.54, 1.807) is 11.4 Å². The van der Waals surface area contributed by atoms with E-state index in [1.165, 1.54) is 0 Å². The number of aliphatic carboxylic acids is 1. The first-order valence-electron chi connectivity index (χ1n) is 7.50. The highest BCUT2D eigenvalue weighted by atomic mass is 16.4. The molecule has 5 heteroatoms. The van der Waals surface area contributed by atoms with Crippen molar-refractivity contribution in [1.29, 1.82) is 0 Å². The maximum Gasteiger partial charge on any atom is 0.230 e. The number of rotatable bonds is 7. The number of carbonyl (C=O) groups is 2. The first-order chi connectivity index (χ1) is 11.1. The minimum absolute atomic E-state index is 0.135. The lowest BCUT2D eigenvalue weighted by molar-refractivity contribution is -0.697. The summed E-state index contributed by atoms with van der Waals surface area (Å²) in [6.45, 7) is 2.37. The van der Waals surface area contributed by atoms with Gasteiger partial charge in [-0.05, 0) is 18.6 Å². The predicted molar refractivity (Wildman–Crippen MR) is 85.3 cm³/mol. The van der Waals surface area contributed by atoms with E-state index < -0.39 is 12.0 Å². The number of hydrogen-bond donors (Lipinski definition) is 2. The molecular formula is C18H20N2O3. The highest BCUT2D eigenvalue weighted by Crippen LogP contribution is 2.13. The molecule has 120 valence electrons. The second-order valence-electron chi connectivity index (χ2n) is 5.42. The Morgan fingerprint density at radius 1 is 1.09 bits per heavy atom. The van der Waals surface area contributed by atoms with Gasteiger partial charge in [0.05, 0.1) is 12.4 Å². The number of carboxylic acids is 1. The third kappa shape index (κ3) is 5.23. The van der Waals surface area contributed by atoms with Crippen LogP contribution in [0, 0.1) is 6.92 Å². The molecule has 1 atom stereocenters. The molecule has 3 N–H and O–H groups in total. The number of anilines is 1. The van der Waals surface area contributed by atoms with Crippen LogP contribution >= 0.6 is 0 Å². The number of aryl methyl sites for hydroxylation is 1. The van der Waals surface area contributed by atoms with E-state index in [4.69, 9.17) is 0 Å². The van der Waals surface area contributed by atoms with Gasteiger partial charge in [-0.15, -0.1) is 0 Å². The zero-order chi connectivity index (χ0) is 16.7. The molecule has 0 spiro atoms. The number of hydrogen-bond acceptors (Lipinski definition) is 3. The number of carboxylic acid groups (broad SMARTS) is 1. The van der Waals surface area contributed by atoms with Crippen LogP contribution in [0.3, 0.4) is 0 Å². The zero-order valence-corrected chi connectivity index (χ0v) is 13.0. The summed E-state index contributed by atoms with van der Waals surface area (Å²) in [5.74, 6) is -1.57. The monoisotopic (exact) mass is 312 g/mol. The number of benzene rings is 2. The Bertz CT molecular complexity index is 671. The second-order valence-corrected chi connectivity index (χ2v) is 5.42. The normalized spacial score (nSPS) is 11.7. The summed E-state index contributed by atoms with van der Waals surface area (Å²) in [5.41, 5.74) is 2.62. The number of quaternary nitrogens is 1. The van der Waals surface area contributed by atoms with Crippen molar-refractivity contribution in [2.24, 2.45) is 0 Å². The van der Waals surface area contributed by atoms with Gasteiger partial charge < -0.3 is 20.5 Å². The molecule has 0 bridgehead atoms. The number of carbonyl (C=O) groups excluding carboxylic acids is 2. The molecule has 0 unspecified atom stereocenters. The fraction of sp³-hybridized carbons (Fsp3) is 0.222. The molecule has 0 aliphatic heterocycles. The average Bonchev–Trinajstić information content (AvgIpc) is 2.54. The van der Waals surface area contributed by atoms with E-state index in [9.17, 15) is 14.7 Å². The van der Waals surface area contributed by atoms with Crippen LogP contribution in [0.1, 0.15) is 17.5 Å². The first kappa shape index (κ1) is 16.7. The molecule has 2 rings (SSSR count). The van der Waals surface area contributed by atoms with Gasteiger partial charge in [-0.25, -0.2) is 0 Å². The number of nitrogens with two attached hydrogens (primary N) is 1. The van der Waals surface area contributed by atoms with E-state index >= 15 is 0 Å². The van der Waals surface area contributed by atoms with Crippen LogP contribution in [0.4, 0.5) is 5.69 Å². The van der Waals surface area contributed by atoms with Gasteiger partial charge in [0.1, 0.15) is 12.6 Å². The number of nitrogens with one attached hydrogen (secondary N) is 1. The molecule has 2 aromatic carbocycles. The fourth-order valence-corrected chi connectivity index (χ4v) is 2.27. The molecule has 0 fully saturated rings. The molecule has 2 aromatic rings. The van der Waals surface area contributed by atoms with Gasteiger partial charge in [0, 0.05) is 11.3 Å². The predicted octanol–water partition coefficient (Wildman–Crippen LogP) is 0.206. The van der Waals surface area contributed by atoms with Crippen LogP contribution in [0.25, 0.3) is 0 Å². The van der Waals surface area contributed by atoms with Crippen molar-refractivity contribution in [1.82, 2.24) is 0 Å². The maximum atomic E-state index is 12.1. The molecule has 1 amide bonds. The van der Waals surface area contributed by atoms with Crippen LogP contribution in [-0.4, -0.2) is 17.9 Å². The highest BCUT2D eigenvalue weighted by molar-refractivity contribution is 5.93. The van der Waals surface area contributed by atoms with E-state index in [2.05, 4.69) is 5.32 Å². The molecule has 0 aromatic heterocycles. The molecule has 0 radical (unpaired) electrons. The van der Waals surface area contributed by atoms with Crippen LogP contribution in [-0.2, 0) is 16.1 Å². The zero-order valence-electron chi connectivity index (χ0n) is 13.0. The van der Waals surface area contributed by atoms with Gasteiger partial charge in [-0.2, -0.15) is 0 Å². The summed E-state index contributed by atoms with van der Waals surface area (Å²) in [6.07, 6.45) is -0.135. The van der Waals surface area contributed by atoms with Gasteiger partial charge in [-0.3, -0.25) is 4.79 Å². The number of para-hydroxylation sites is 1. The van der Waals surface area contributed by atoms with Crippen LogP contribution in [0.5, 0.6) is 0 Å². The molecule has 23 heavy (non-hydrogen) atoms. The van der Waals surface area contributed by atoms with Crippen molar-refractivity contribution < 1.29 is 20.0 Å². The molecule has 0 saturated carbocycles. The van der Waals surface area contributed by atoms with Gasteiger partial charge in [0.25, 0.3) is 0 Å². The Labute approximate surface area is 135 Å². The molecule has 0 saturated heterocycles. The minimum atomic E-state index is -1.24. The van der Waals surface area contributed by atoms with E-state index in [0.29, 0.717) is 12.2 Å². The molecule has 5 nitrogen and oxygen atoms in total. The highest BCUT2D eigenvalue weighted by Gasteiger charge is 2.18. The third-order valence-electron chi connectivity index (χ3n) is 3.61. The van der Waals surface area contributed by atoms with Gasteiger partial charge in [0.2, 0.25) is 5.91 Å². The average molecular weight is 312 g/mol. The largest absolute Gasteiger partial charge is 0.544 e. The lowest BCUT2D eigenvalue weighted by Gasteiger charge is -2.17. The molecule has 0 heterocycles. The third-order valence-corrected chi connectivity index (χ3v) is 3.61. The van der Waals surface area contributed by atoms with E-state index in [0.717, 1.165) is 11.1 Å². The standard InChI is InChI=1S/C18H20N2O3/c1-13-7-5-6-10-15(13)20-17(21)11-16(18(22)23)19-12-14-8-3-2-4-9-14/h2-10,16,19H,11-12H2,1H3,(H,20,21)(H,22,23)/t16-/m1/s1. The summed E-state index contributed by atoms with van der Waals surface area (Å²) in [5, 5.41) is 15.6. The van der Waals surface area contributed by atoms with Crippen molar-refractivity contribution in [3.05, 3.63) is 65.7 Å². The SMILES string of the molecule is Cc1ccccc1NC(=O)C[C@@H]([NH2+]Cc1ccccc1)C(=O)[O-]. The van der Waals surface area contributed by atoms with Crippen molar-refractivity contribution >= 4 is 17.6 Å². The summed E-state index contributed by atoms with van der Waals surface area (Å²) in [4.78, 5) is 23.3. The second kappa shape index (κ2) is 8.10. The quantitative estimate of drug-likeness (QED) is 0.766. The Morgan fingerprint density at radius 3 is 2.39 bits per heavy atom. The smallest absolute Gasteiger partial charge is 0.230 e. The fourth-order valence-electron chi connectivity index (χ4n) is 2.27. The summed E-state index contributed by atoms with van der Waals surface area (Å²) >= 11 is 0. The Morgan fingerprint density at radius 2 is 1.74 bits per heavy atom. The van der Waals surface area contributed by atoms with Crippen molar-refractivity contribution in [3.8, 4) is 0 Å². The van der Waals surface area contributed by atoms with Crippen LogP contribution in [0.2, 0.25) is 0 Å². The lowest BCUT2D eigenvalue weighted by Crippen LogP contribution is -2.92. The summed E-state index contributed by atoms with van der Waals surface area (Å²) in [7, 11) is 0. The first-order valence-corrected chi connectivity index (χ1v) is 7.50. The van der Waals surface area contributed by atoms with E-state index in [-0.39, 0.29) is 12.3 Å². The molecule has 0 aliphatic carbocycles. The van der Waals surface area contributed by atoms with E-state index in [1.807, 2.05) is 55.5 Å². The molecular weight excluding hydrogens is 292 g/mol.